The van der Waals surface area contributed by atoms with Crippen LogP contribution in [0.2, 0.25) is 0 Å². The first kappa shape index (κ1) is 20.1. The molecule has 1 unspecified atom stereocenters. The molecule has 5 heteroatoms. The maximum absolute atomic E-state index is 13.3. The first-order valence-electron chi connectivity index (χ1n) is 9.39. The number of carbonyl (C=O) groups is 1. The van der Waals surface area contributed by atoms with Crippen molar-refractivity contribution in [2.24, 2.45) is 17.6 Å². The molecule has 4 nitrogen and oxygen atoms in total. The van der Waals surface area contributed by atoms with Crippen LogP contribution < -0.4 is 10.5 Å². The van der Waals surface area contributed by atoms with Crippen LogP contribution in [0.1, 0.15) is 56.6 Å². The molecule has 1 amide bonds. The van der Waals surface area contributed by atoms with Gasteiger partial charge in [0.25, 0.3) is 0 Å². The van der Waals surface area contributed by atoms with Crippen LogP contribution in [-0.2, 0) is 4.79 Å². The number of hydrogen-bond donors (Lipinski definition) is 1. The van der Waals surface area contributed by atoms with Gasteiger partial charge in [-0.2, -0.15) is 0 Å². The van der Waals surface area contributed by atoms with E-state index in [0.29, 0.717) is 18.4 Å². The number of likely N-dealkylation sites (tertiary alicyclic amines) is 1. The predicted octanol–water partition coefficient (Wildman–Crippen LogP) is 3.94. The maximum Gasteiger partial charge on any atom is 0.226 e. The second kappa shape index (κ2) is 9.44. The molecule has 1 aromatic rings. The molecule has 1 aromatic carbocycles. The predicted molar refractivity (Wildman–Crippen MR) is 103 cm³/mol. The van der Waals surface area contributed by atoms with Crippen molar-refractivity contribution >= 4 is 18.3 Å². The molecule has 1 aliphatic heterocycles. The highest BCUT2D eigenvalue weighted by Crippen LogP contribution is 2.37. The molecule has 140 valence electrons. The normalized spacial score (nSPS) is 26.6. The van der Waals surface area contributed by atoms with Gasteiger partial charge in [0, 0.05) is 12.5 Å². The number of amides is 1. The lowest BCUT2D eigenvalue weighted by Gasteiger charge is -2.34. The summed E-state index contributed by atoms with van der Waals surface area (Å²) >= 11 is 0. The summed E-state index contributed by atoms with van der Waals surface area (Å²) in [4.78, 5) is 15.4. The van der Waals surface area contributed by atoms with Gasteiger partial charge in [-0.3, -0.25) is 4.79 Å². The van der Waals surface area contributed by atoms with Crippen molar-refractivity contribution in [3.8, 4) is 5.75 Å². The Hall–Kier alpha value is -1.26. The van der Waals surface area contributed by atoms with Gasteiger partial charge in [-0.15, -0.1) is 12.4 Å². The van der Waals surface area contributed by atoms with Gasteiger partial charge in [-0.25, -0.2) is 0 Å². The fourth-order valence-electron chi connectivity index (χ4n) is 4.40. The number of nitrogens with zero attached hydrogens (tertiary/aromatic N) is 1. The third-order valence-corrected chi connectivity index (χ3v) is 5.82. The third-order valence-electron chi connectivity index (χ3n) is 5.82. The van der Waals surface area contributed by atoms with Crippen LogP contribution in [-0.4, -0.2) is 31.0 Å². The molecule has 0 aromatic heterocycles. The molecular formula is C20H31ClN2O2. The number of nitrogens with two attached hydrogens (primary N) is 1. The number of benzene rings is 1. The summed E-state index contributed by atoms with van der Waals surface area (Å²) in [5.41, 5.74) is 7.15. The molecule has 0 bridgehead atoms. The van der Waals surface area contributed by atoms with Gasteiger partial charge in [-0.05, 0) is 55.8 Å². The smallest absolute Gasteiger partial charge is 0.226 e. The topological polar surface area (TPSA) is 55.6 Å². The largest absolute Gasteiger partial charge is 0.497 e. The average molecular weight is 367 g/mol. The van der Waals surface area contributed by atoms with Crippen LogP contribution in [0.5, 0.6) is 5.75 Å². The fraction of sp³-hybridized carbons (Fsp3) is 0.650. The van der Waals surface area contributed by atoms with Gasteiger partial charge in [0.1, 0.15) is 5.75 Å². The van der Waals surface area contributed by atoms with Crippen molar-refractivity contribution < 1.29 is 9.53 Å². The number of halogens is 1. The highest BCUT2D eigenvalue weighted by atomic mass is 35.5. The number of rotatable bonds is 4. The molecule has 25 heavy (non-hydrogen) atoms. The summed E-state index contributed by atoms with van der Waals surface area (Å²) in [6.45, 7) is 1.51. The first-order valence-corrected chi connectivity index (χ1v) is 9.39. The summed E-state index contributed by atoms with van der Waals surface area (Å²) in [5, 5.41) is 0. The SMILES string of the molecule is COc1ccc(C2CCCCCN2C(=O)[C@@H]2CCC[C@@H]2CN)cc1.Cl. The number of carbonyl (C=O) groups excluding carboxylic acids is 1. The molecule has 1 aliphatic carbocycles. The van der Waals surface area contributed by atoms with Gasteiger partial charge < -0.3 is 15.4 Å². The van der Waals surface area contributed by atoms with Gasteiger partial charge in [0.05, 0.1) is 13.2 Å². The van der Waals surface area contributed by atoms with Crippen LogP contribution in [0, 0.1) is 11.8 Å². The van der Waals surface area contributed by atoms with E-state index in [1.54, 1.807) is 7.11 Å². The zero-order valence-corrected chi connectivity index (χ0v) is 16.0. The quantitative estimate of drug-likeness (QED) is 0.878. The van der Waals surface area contributed by atoms with Crippen molar-refractivity contribution in [3.05, 3.63) is 29.8 Å². The molecule has 1 heterocycles. The summed E-state index contributed by atoms with van der Waals surface area (Å²) in [6, 6.07) is 8.43. The van der Waals surface area contributed by atoms with E-state index in [1.165, 1.54) is 18.4 Å². The van der Waals surface area contributed by atoms with Crippen LogP contribution in [0.4, 0.5) is 0 Å². The molecule has 1 saturated carbocycles. The lowest BCUT2D eigenvalue weighted by molar-refractivity contribution is -0.139. The monoisotopic (exact) mass is 366 g/mol. The minimum absolute atomic E-state index is 0. The highest BCUT2D eigenvalue weighted by molar-refractivity contribution is 5.85. The number of hydrogen-bond acceptors (Lipinski definition) is 3. The number of ether oxygens (including phenoxy) is 1. The zero-order valence-electron chi connectivity index (χ0n) is 15.2. The summed E-state index contributed by atoms with van der Waals surface area (Å²) in [6.07, 6.45) is 7.81. The van der Waals surface area contributed by atoms with Crippen molar-refractivity contribution in [3.63, 3.8) is 0 Å². The van der Waals surface area contributed by atoms with E-state index < -0.39 is 0 Å². The lowest BCUT2D eigenvalue weighted by Crippen LogP contribution is -2.41. The van der Waals surface area contributed by atoms with Crippen molar-refractivity contribution in [2.45, 2.75) is 51.0 Å². The molecule has 0 spiro atoms. The van der Waals surface area contributed by atoms with E-state index in [9.17, 15) is 4.79 Å². The van der Waals surface area contributed by atoms with E-state index >= 15 is 0 Å². The fourth-order valence-corrected chi connectivity index (χ4v) is 4.40. The maximum atomic E-state index is 13.3. The summed E-state index contributed by atoms with van der Waals surface area (Å²) < 4.78 is 5.27. The van der Waals surface area contributed by atoms with Crippen LogP contribution in [0.3, 0.4) is 0 Å². The first-order chi connectivity index (χ1) is 11.7. The standard InChI is InChI=1S/C20H30N2O2.ClH/c1-24-17-11-9-15(10-12-17)19-8-3-2-4-13-22(19)20(23)18-7-5-6-16(18)14-21;/h9-12,16,18-19H,2-8,13-14,21H2,1H3;1H/t16-,18-,19?;/m1./s1. The molecule has 3 rings (SSSR count). The van der Waals surface area contributed by atoms with E-state index in [0.717, 1.165) is 44.4 Å². The van der Waals surface area contributed by atoms with Crippen LogP contribution >= 0.6 is 12.4 Å². The Balaban J connectivity index is 0.00000225. The van der Waals surface area contributed by atoms with Crippen LogP contribution in [0.25, 0.3) is 0 Å². The van der Waals surface area contributed by atoms with Gasteiger partial charge >= 0.3 is 0 Å². The van der Waals surface area contributed by atoms with E-state index in [1.807, 2.05) is 12.1 Å². The summed E-state index contributed by atoms with van der Waals surface area (Å²) in [5.74, 6) is 1.71. The minimum atomic E-state index is 0. The second-order valence-electron chi connectivity index (χ2n) is 7.20. The molecule has 2 fully saturated rings. The van der Waals surface area contributed by atoms with Crippen LogP contribution in [0.15, 0.2) is 24.3 Å². The lowest BCUT2D eigenvalue weighted by atomic mass is 9.92. The Morgan fingerprint density at radius 1 is 1.12 bits per heavy atom. The second-order valence-corrected chi connectivity index (χ2v) is 7.20. The minimum Gasteiger partial charge on any atom is -0.497 e. The Morgan fingerprint density at radius 2 is 1.88 bits per heavy atom. The number of methoxy groups -OCH3 is 1. The van der Waals surface area contributed by atoms with Gasteiger partial charge in [0.2, 0.25) is 5.91 Å². The van der Waals surface area contributed by atoms with Crippen molar-refractivity contribution in [1.82, 2.24) is 4.90 Å². The van der Waals surface area contributed by atoms with Crippen molar-refractivity contribution in [2.75, 3.05) is 20.2 Å². The molecule has 2 aliphatic rings. The summed E-state index contributed by atoms with van der Waals surface area (Å²) in [7, 11) is 1.68. The molecule has 0 radical (unpaired) electrons. The molecule has 2 N–H and O–H groups in total. The van der Waals surface area contributed by atoms with Crippen molar-refractivity contribution in [1.29, 1.82) is 0 Å². The van der Waals surface area contributed by atoms with E-state index in [-0.39, 0.29) is 24.4 Å². The molecule has 1 saturated heterocycles. The highest BCUT2D eigenvalue weighted by Gasteiger charge is 2.37. The molecular weight excluding hydrogens is 336 g/mol. The van der Waals surface area contributed by atoms with E-state index in [2.05, 4.69) is 17.0 Å². The Bertz CT molecular complexity index is 549. The third kappa shape index (κ3) is 4.48. The molecule has 3 atom stereocenters. The van der Waals surface area contributed by atoms with Gasteiger partial charge in [-0.1, -0.05) is 31.4 Å². The average Bonchev–Trinajstić information content (AvgIpc) is 2.97. The Labute approximate surface area is 157 Å². The zero-order chi connectivity index (χ0) is 16.9. The van der Waals surface area contributed by atoms with E-state index in [4.69, 9.17) is 10.5 Å². The Morgan fingerprint density at radius 3 is 2.56 bits per heavy atom. The van der Waals surface area contributed by atoms with Gasteiger partial charge in [0.15, 0.2) is 0 Å². The Kier molecular flexibility index (Phi) is 7.57.